The molecule has 27 heavy (non-hydrogen) atoms. The quantitative estimate of drug-likeness (QED) is 0.771. The second-order valence-corrected chi connectivity index (χ2v) is 6.04. The number of hydrogen-bond acceptors (Lipinski definition) is 6. The predicted octanol–water partition coefficient (Wildman–Crippen LogP) is 2.14. The fraction of sp³-hybridized carbons (Fsp3) is 0.211. The van der Waals surface area contributed by atoms with Crippen LogP contribution in [0.3, 0.4) is 0 Å². The highest BCUT2D eigenvalue weighted by Gasteiger charge is 2.56. The van der Waals surface area contributed by atoms with Gasteiger partial charge in [0.15, 0.2) is 11.5 Å². The Labute approximate surface area is 153 Å². The summed E-state index contributed by atoms with van der Waals surface area (Å²) < 4.78 is 23.6. The maximum Gasteiger partial charge on any atom is 0.278 e. The summed E-state index contributed by atoms with van der Waals surface area (Å²) in [4.78, 5) is 31.9. The largest absolute Gasteiger partial charge is 0.493 e. The van der Waals surface area contributed by atoms with Crippen LogP contribution in [0.2, 0.25) is 0 Å². The molecule has 2 aliphatic rings. The van der Waals surface area contributed by atoms with E-state index < -0.39 is 29.7 Å². The Bertz CT molecular complexity index is 957. The Morgan fingerprint density at radius 1 is 1.00 bits per heavy atom. The average Bonchev–Trinajstić information content (AvgIpc) is 3.23. The first-order valence-electron chi connectivity index (χ1n) is 8.14. The normalized spacial score (nSPS) is 21.0. The van der Waals surface area contributed by atoms with Gasteiger partial charge in [0.1, 0.15) is 17.4 Å². The van der Waals surface area contributed by atoms with Gasteiger partial charge in [-0.25, -0.2) is 9.29 Å². The van der Waals surface area contributed by atoms with Crippen LogP contribution in [0.1, 0.15) is 5.56 Å². The number of benzene rings is 2. The number of rotatable bonds is 4. The van der Waals surface area contributed by atoms with E-state index in [9.17, 15) is 14.0 Å². The van der Waals surface area contributed by atoms with Crippen LogP contribution >= 0.6 is 0 Å². The molecule has 2 heterocycles. The third-order valence-electron chi connectivity index (χ3n) is 4.58. The maximum absolute atomic E-state index is 13.2. The Balaban J connectivity index is 1.69. The standard InChI is InChI=1S/C19H15FN2O5/c1-25-13-8-3-10(9-14(13)26-2)16-15-17(27-21-16)19(24)22(18(15)23)12-6-4-11(20)5-7-12/h3-9,15,17H,1-2H3/t15-,17+/m0/s1. The zero-order valence-corrected chi connectivity index (χ0v) is 14.5. The zero-order valence-electron chi connectivity index (χ0n) is 14.5. The molecule has 0 radical (unpaired) electrons. The van der Waals surface area contributed by atoms with Gasteiger partial charge in [-0.15, -0.1) is 0 Å². The molecule has 1 fully saturated rings. The van der Waals surface area contributed by atoms with Crippen LogP contribution in [0.5, 0.6) is 11.5 Å². The molecule has 0 saturated carbocycles. The van der Waals surface area contributed by atoms with Crippen LogP contribution in [-0.4, -0.2) is 37.8 Å². The van der Waals surface area contributed by atoms with Crippen LogP contribution in [0, 0.1) is 11.7 Å². The van der Waals surface area contributed by atoms with Gasteiger partial charge in [-0.3, -0.25) is 9.59 Å². The summed E-state index contributed by atoms with van der Waals surface area (Å²) in [5, 5.41) is 3.96. The number of methoxy groups -OCH3 is 2. The minimum atomic E-state index is -1.04. The molecular weight excluding hydrogens is 355 g/mol. The molecular formula is C19H15FN2O5. The van der Waals surface area contributed by atoms with Crippen molar-refractivity contribution in [2.75, 3.05) is 19.1 Å². The van der Waals surface area contributed by atoms with Crippen molar-refractivity contribution in [3.8, 4) is 11.5 Å². The van der Waals surface area contributed by atoms with Gasteiger partial charge in [0, 0.05) is 5.56 Å². The van der Waals surface area contributed by atoms with Gasteiger partial charge in [-0.2, -0.15) is 0 Å². The molecule has 2 aromatic rings. The van der Waals surface area contributed by atoms with Gasteiger partial charge >= 0.3 is 0 Å². The number of imide groups is 1. The molecule has 0 spiro atoms. The summed E-state index contributed by atoms with van der Waals surface area (Å²) in [5.41, 5.74) is 1.21. The Kier molecular flexibility index (Phi) is 4.02. The summed E-state index contributed by atoms with van der Waals surface area (Å²) in [6.45, 7) is 0. The Morgan fingerprint density at radius 2 is 1.70 bits per heavy atom. The van der Waals surface area contributed by atoms with Gasteiger partial charge < -0.3 is 14.3 Å². The van der Waals surface area contributed by atoms with Crippen molar-refractivity contribution in [3.05, 3.63) is 53.8 Å². The smallest absolute Gasteiger partial charge is 0.278 e. The number of hydrogen-bond donors (Lipinski definition) is 0. The maximum atomic E-state index is 13.2. The molecule has 0 unspecified atom stereocenters. The van der Waals surface area contributed by atoms with E-state index in [0.29, 0.717) is 22.8 Å². The zero-order chi connectivity index (χ0) is 19.1. The van der Waals surface area contributed by atoms with E-state index in [1.807, 2.05) is 0 Å². The molecule has 2 atom stereocenters. The number of amides is 2. The van der Waals surface area contributed by atoms with E-state index in [-0.39, 0.29) is 5.69 Å². The van der Waals surface area contributed by atoms with Crippen molar-refractivity contribution < 1.29 is 28.3 Å². The lowest BCUT2D eigenvalue weighted by Crippen LogP contribution is -2.33. The number of ether oxygens (including phenoxy) is 2. The van der Waals surface area contributed by atoms with Crippen LogP contribution in [0.4, 0.5) is 10.1 Å². The van der Waals surface area contributed by atoms with E-state index in [4.69, 9.17) is 14.3 Å². The summed E-state index contributed by atoms with van der Waals surface area (Å²) >= 11 is 0. The van der Waals surface area contributed by atoms with E-state index in [1.54, 1.807) is 18.2 Å². The number of halogens is 1. The van der Waals surface area contributed by atoms with E-state index in [2.05, 4.69) is 5.16 Å². The second kappa shape index (κ2) is 6.39. The molecule has 8 heteroatoms. The number of oxime groups is 1. The molecule has 7 nitrogen and oxygen atoms in total. The highest BCUT2D eigenvalue weighted by molar-refractivity contribution is 6.32. The van der Waals surface area contributed by atoms with Gasteiger partial charge in [0.05, 0.1) is 19.9 Å². The predicted molar refractivity (Wildman–Crippen MR) is 93.3 cm³/mol. The molecule has 0 bridgehead atoms. The van der Waals surface area contributed by atoms with E-state index in [1.165, 1.54) is 38.5 Å². The van der Waals surface area contributed by atoms with Gasteiger partial charge in [-0.1, -0.05) is 5.16 Å². The number of carbonyl (C=O) groups is 2. The summed E-state index contributed by atoms with van der Waals surface area (Å²) in [7, 11) is 3.02. The summed E-state index contributed by atoms with van der Waals surface area (Å²) in [5.74, 6) is -1.34. The van der Waals surface area contributed by atoms with Crippen molar-refractivity contribution in [1.82, 2.24) is 0 Å². The third-order valence-corrected chi connectivity index (χ3v) is 4.58. The lowest BCUT2D eigenvalue weighted by Gasteiger charge is -2.15. The van der Waals surface area contributed by atoms with Crippen LogP contribution in [-0.2, 0) is 14.4 Å². The summed E-state index contributed by atoms with van der Waals surface area (Å²) in [6.07, 6.45) is -1.04. The second-order valence-electron chi connectivity index (χ2n) is 6.04. The lowest BCUT2D eigenvalue weighted by atomic mass is 9.94. The molecule has 0 aromatic heterocycles. The molecule has 2 aliphatic heterocycles. The first-order valence-corrected chi connectivity index (χ1v) is 8.14. The summed E-state index contributed by atoms with van der Waals surface area (Å²) in [6, 6.07) is 10.2. The first kappa shape index (κ1) is 17.0. The van der Waals surface area contributed by atoms with Gasteiger partial charge in [0.25, 0.3) is 5.91 Å². The number of fused-ring (bicyclic) bond motifs is 1. The molecule has 138 valence electrons. The molecule has 0 aliphatic carbocycles. The molecule has 0 N–H and O–H groups in total. The van der Waals surface area contributed by atoms with Crippen molar-refractivity contribution in [2.45, 2.75) is 6.10 Å². The molecule has 4 rings (SSSR count). The topological polar surface area (TPSA) is 77.4 Å². The first-order chi connectivity index (χ1) is 13.0. The van der Waals surface area contributed by atoms with Crippen molar-refractivity contribution in [1.29, 1.82) is 0 Å². The highest BCUT2D eigenvalue weighted by Crippen LogP contribution is 2.37. The minimum Gasteiger partial charge on any atom is -0.493 e. The fourth-order valence-electron chi connectivity index (χ4n) is 3.26. The van der Waals surface area contributed by atoms with E-state index in [0.717, 1.165) is 4.90 Å². The number of anilines is 1. The van der Waals surface area contributed by atoms with Crippen LogP contribution < -0.4 is 14.4 Å². The van der Waals surface area contributed by atoms with Gasteiger partial charge in [0.2, 0.25) is 12.0 Å². The lowest BCUT2D eigenvalue weighted by molar-refractivity contribution is -0.126. The minimum absolute atomic E-state index is 0.288. The molecule has 2 aromatic carbocycles. The fourth-order valence-corrected chi connectivity index (χ4v) is 3.26. The molecule has 1 saturated heterocycles. The average molecular weight is 370 g/mol. The monoisotopic (exact) mass is 370 g/mol. The van der Waals surface area contributed by atoms with Crippen molar-refractivity contribution in [3.63, 3.8) is 0 Å². The van der Waals surface area contributed by atoms with Crippen LogP contribution in [0.15, 0.2) is 47.6 Å². The SMILES string of the molecule is COc1ccc(C2=NO[C@H]3C(=O)N(c4ccc(F)cc4)C(=O)[C@@H]23)cc1OC. The van der Waals surface area contributed by atoms with Crippen molar-refractivity contribution in [2.24, 2.45) is 11.1 Å². The Hall–Kier alpha value is -3.42. The highest BCUT2D eigenvalue weighted by atomic mass is 19.1. The number of carbonyl (C=O) groups excluding carboxylic acids is 2. The number of nitrogens with zero attached hydrogens (tertiary/aromatic N) is 2. The van der Waals surface area contributed by atoms with Gasteiger partial charge in [-0.05, 0) is 42.5 Å². The van der Waals surface area contributed by atoms with Crippen LogP contribution in [0.25, 0.3) is 0 Å². The third kappa shape index (κ3) is 2.61. The Morgan fingerprint density at radius 3 is 2.37 bits per heavy atom. The molecule has 2 amide bonds. The van der Waals surface area contributed by atoms with Crippen molar-refractivity contribution >= 4 is 23.2 Å². The van der Waals surface area contributed by atoms with E-state index >= 15 is 0 Å².